The van der Waals surface area contributed by atoms with Crippen LogP contribution in [-0.4, -0.2) is 23.4 Å². The molecule has 1 unspecified atom stereocenters. The Hall–Kier alpha value is -4.32. The van der Waals surface area contributed by atoms with Crippen LogP contribution in [0.1, 0.15) is 35.5 Å². The highest BCUT2D eigenvalue weighted by atomic mass is 16.5. The summed E-state index contributed by atoms with van der Waals surface area (Å²) < 4.78 is 11.5. The first-order valence-corrected chi connectivity index (χ1v) is 11.2. The Balaban J connectivity index is 1.61. The lowest BCUT2D eigenvalue weighted by Crippen LogP contribution is -2.31. The fourth-order valence-corrected chi connectivity index (χ4v) is 4.22. The fourth-order valence-electron chi connectivity index (χ4n) is 4.22. The van der Waals surface area contributed by atoms with Crippen LogP contribution in [0.5, 0.6) is 5.75 Å². The molecule has 0 radical (unpaired) electrons. The summed E-state index contributed by atoms with van der Waals surface area (Å²) in [4.78, 5) is 28.4. The largest absolute Gasteiger partial charge is 0.503 e. The van der Waals surface area contributed by atoms with E-state index in [1.54, 1.807) is 30.3 Å². The van der Waals surface area contributed by atoms with Crippen molar-refractivity contribution >= 4 is 28.3 Å². The molecule has 1 atom stereocenters. The van der Waals surface area contributed by atoms with E-state index in [1.807, 2.05) is 61.5 Å². The number of nitrogens with zero attached hydrogens (tertiary/aromatic N) is 1. The number of aliphatic hydroxyl groups excluding tert-OH is 1. The molecule has 0 aliphatic carbocycles. The molecule has 1 aliphatic heterocycles. The van der Waals surface area contributed by atoms with Gasteiger partial charge in [-0.1, -0.05) is 61.5 Å². The number of carbonyl (C=O) groups is 2. The monoisotopic (exact) mass is 453 g/mol. The summed E-state index contributed by atoms with van der Waals surface area (Å²) in [5, 5.41) is 11.7. The van der Waals surface area contributed by atoms with Crippen LogP contribution in [-0.2, 0) is 4.79 Å². The standard InChI is InChI=1S/C28H23NO5/c1-2-15-33-21-13-8-12-20(17-21)29-25(18-9-4-3-5-10-18)24(27(31)28(29)32)26(30)23-16-19-11-6-7-14-22(19)34-23/h3-14,16-17,25,31H,2,15H2,1H3. The molecule has 1 N–H and O–H groups in total. The maximum Gasteiger partial charge on any atom is 0.294 e. The Morgan fingerprint density at radius 1 is 1.00 bits per heavy atom. The summed E-state index contributed by atoms with van der Waals surface area (Å²) in [7, 11) is 0. The van der Waals surface area contributed by atoms with Crippen LogP contribution < -0.4 is 9.64 Å². The summed E-state index contributed by atoms with van der Waals surface area (Å²) in [5.74, 6) is -1.09. The zero-order valence-electron chi connectivity index (χ0n) is 18.6. The van der Waals surface area contributed by atoms with Gasteiger partial charge in [-0.25, -0.2) is 0 Å². The zero-order valence-corrected chi connectivity index (χ0v) is 18.6. The molecular weight excluding hydrogens is 430 g/mol. The molecule has 6 nitrogen and oxygen atoms in total. The van der Waals surface area contributed by atoms with Crippen molar-refractivity contribution in [3.05, 3.63) is 108 Å². The van der Waals surface area contributed by atoms with Crippen LogP contribution >= 0.6 is 0 Å². The number of para-hydroxylation sites is 1. The fraction of sp³-hybridized carbons (Fsp3) is 0.143. The van der Waals surface area contributed by atoms with Gasteiger partial charge in [0.2, 0.25) is 5.78 Å². The average Bonchev–Trinajstić information content (AvgIpc) is 3.42. The Bertz CT molecular complexity index is 1370. The van der Waals surface area contributed by atoms with Gasteiger partial charge in [0, 0.05) is 17.1 Å². The van der Waals surface area contributed by atoms with E-state index in [0.29, 0.717) is 29.2 Å². The lowest BCUT2D eigenvalue weighted by Gasteiger charge is -2.27. The predicted octanol–water partition coefficient (Wildman–Crippen LogP) is 6.00. The normalized spacial score (nSPS) is 15.9. The second-order valence-corrected chi connectivity index (χ2v) is 8.07. The number of amides is 1. The number of fused-ring (bicyclic) bond motifs is 1. The number of Topliss-reactive ketones (excluding diaryl/α,β-unsaturated/α-hetero) is 1. The van der Waals surface area contributed by atoms with Crippen LogP contribution in [0.4, 0.5) is 5.69 Å². The Morgan fingerprint density at radius 2 is 1.76 bits per heavy atom. The van der Waals surface area contributed by atoms with E-state index < -0.39 is 23.5 Å². The van der Waals surface area contributed by atoms with Gasteiger partial charge in [-0.2, -0.15) is 0 Å². The maximum atomic E-state index is 13.6. The first-order valence-electron chi connectivity index (χ1n) is 11.2. The van der Waals surface area contributed by atoms with Crippen LogP contribution in [0.2, 0.25) is 0 Å². The topological polar surface area (TPSA) is 80.0 Å². The number of hydrogen-bond donors (Lipinski definition) is 1. The molecule has 0 spiro atoms. The van der Waals surface area contributed by atoms with Gasteiger partial charge in [0.1, 0.15) is 11.3 Å². The Labute approximate surface area is 196 Å². The number of anilines is 1. The molecule has 1 aliphatic rings. The lowest BCUT2D eigenvalue weighted by molar-refractivity contribution is -0.117. The average molecular weight is 453 g/mol. The van der Waals surface area contributed by atoms with Crippen LogP contribution in [0.15, 0.2) is 101 Å². The summed E-state index contributed by atoms with van der Waals surface area (Å²) in [6.45, 7) is 2.55. The molecule has 0 saturated heterocycles. The molecular formula is C28H23NO5. The van der Waals surface area contributed by atoms with Crippen LogP contribution in [0.3, 0.4) is 0 Å². The second-order valence-electron chi connectivity index (χ2n) is 8.07. The van der Waals surface area contributed by atoms with Crippen LogP contribution in [0, 0.1) is 0 Å². The molecule has 5 rings (SSSR count). The number of carbonyl (C=O) groups excluding carboxylic acids is 2. The molecule has 4 aromatic rings. The Morgan fingerprint density at radius 3 is 2.53 bits per heavy atom. The molecule has 170 valence electrons. The number of furan rings is 1. The first-order chi connectivity index (χ1) is 16.6. The van der Waals surface area contributed by atoms with Crippen molar-refractivity contribution in [1.82, 2.24) is 0 Å². The molecule has 0 bridgehead atoms. The van der Waals surface area contributed by atoms with Gasteiger partial charge >= 0.3 is 0 Å². The second kappa shape index (κ2) is 8.90. The smallest absolute Gasteiger partial charge is 0.294 e. The molecule has 0 saturated carbocycles. The first kappa shape index (κ1) is 21.5. The zero-order chi connectivity index (χ0) is 23.7. The van der Waals surface area contributed by atoms with Gasteiger partial charge in [0.25, 0.3) is 5.91 Å². The van der Waals surface area contributed by atoms with Crippen LogP contribution in [0.25, 0.3) is 11.0 Å². The van der Waals surface area contributed by atoms with E-state index in [1.165, 1.54) is 4.90 Å². The van der Waals surface area contributed by atoms with E-state index in [2.05, 4.69) is 0 Å². The molecule has 1 aromatic heterocycles. The van der Waals surface area contributed by atoms with E-state index in [-0.39, 0.29) is 11.3 Å². The summed E-state index contributed by atoms with van der Waals surface area (Å²) in [6.07, 6.45) is 0.845. The number of rotatable bonds is 7. The van der Waals surface area contributed by atoms with Crippen molar-refractivity contribution in [2.24, 2.45) is 0 Å². The van der Waals surface area contributed by atoms with Gasteiger partial charge in [0.15, 0.2) is 11.5 Å². The van der Waals surface area contributed by atoms with E-state index >= 15 is 0 Å². The maximum absolute atomic E-state index is 13.6. The minimum atomic E-state index is -0.823. The quantitative estimate of drug-likeness (QED) is 0.347. The highest BCUT2D eigenvalue weighted by molar-refractivity contribution is 6.20. The molecule has 2 heterocycles. The third-order valence-electron chi connectivity index (χ3n) is 5.79. The minimum Gasteiger partial charge on any atom is -0.503 e. The summed E-state index contributed by atoms with van der Waals surface area (Å²) in [6, 6.07) is 24.3. The lowest BCUT2D eigenvalue weighted by atomic mass is 9.95. The number of ether oxygens (including phenoxy) is 1. The molecule has 3 aromatic carbocycles. The van der Waals surface area contributed by atoms with Crippen molar-refractivity contribution in [3.63, 3.8) is 0 Å². The van der Waals surface area contributed by atoms with E-state index in [4.69, 9.17) is 9.15 Å². The highest BCUT2D eigenvalue weighted by Crippen LogP contribution is 2.43. The molecule has 34 heavy (non-hydrogen) atoms. The third kappa shape index (κ3) is 3.73. The van der Waals surface area contributed by atoms with Gasteiger partial charge in [-0.15, -0.1) is 0 Å². The van der Waals surface area contributed by atoms with Crippen molar-refractivity contribution in [1.29, 1.82) is 0 Å². The van der Waals surface area contributed by atoms with Crippen molar-refractivity contribution < 1.29 is 23.8 Å². The number of benzene rings is 3. The summed E-state index contributed by atoms with van der Waals surface area (Å²) >= 11 is 0. The number of aliphatic hydroxyl groups is 1. The molecule has 6 heteroatoms. The predicted molar refractivity (Wildman–Crippen MR) is 129 cm³/mol. The molecule has 0 fully saturated rings. The minimum absolute atomic E-state index is 0.0184. The van der Waals surface area contributed by atoms with Gasteiger partial charge in [-0.3, -0.25) is 14.5 Å². The van der Waals surface area contributed by atoms with E-state index in [9.17, 15) is 14.7 Å². The van der Waals surface area contributed by atoms with Gasteiger partial charge < -0.3 is 14.3 Å². The van der Waals surface area contributed by atoms with Crippen molar-refractivity contribution in [2.45, 2.75) is 19.4 Å². The van der Waals surface area contributed by atoms with Gasteiger partial charge in [-0.05, 0) is 36.2 Å². The Kier molecular flexibility index (Phi) is 5.64. The van der Waals surface area contributed by atoms with Crippen molar-refractivity contribution in [3.8, 4) is 5.75 Å². The number of hydrogen-bond acceptors (Lipinski definition) is 5. The third-order valence-corrected chi connectivity index (χ3v) is 5.79. The number of ketones is 1. The highest BCUT2D eigenvalue weighted by Gasteiger charge is 2.45. The SMILES string of the molecule is CCCOc1cccc(N2C(=O)C(O)=C(C(=O)c3cc4ccccc4o3)C2c2ccccc2)c1. The van der Waals surface area contributed by atoms with E-state index in [0.717, 1.165) is 11.8 Å². The van der Waals surface area contributed by atoms with Crippen molar-refractivity contribution in [2.75, 3.05) is 11.5 Å². The van der Waals surface area contributed by atoms with Gasteiger partial charge in [0.05, 0.1) is 18.2 Å². The summed E-state index contributed by atoms with van der Waals surface area (Å²) in [5.41, 5.74) is 1.75. The molecule has 1 amide bonds.